The average Bonchev–Trinajstić information content (AvgIpc) is 2.84. The maximum absolute atomic E-state index is 5.80. The number of nitrogens with one attached hydrogen (secondary N) is 1. The first-order chi connectivity index (χ1) is 9.44. The van der Waals surface area contributed by atoms with Crippen molar-refractivity contribution in [3.63, 3.8) is 0 Å². The Morgan fingerprint density at radius 2 is 2.00 bits per heavy atom. The second kappa shape index (κ2) is 5.77. The lowest BCUT2D eigenvalue weighted by Gasteiger charge is -2.20. The summed E-state index contributed by atoms with van der Waals surface area (Å²) in [6.07, 6.45) is 1.70. The van der Waals surface area contributed by atoms with Crippen LogP contribution in [-0.2, 0) is 6.54 Å². The minimum absolute atomic E-state index is 0.112. The van der Waals surface area contributed by atoms with E-state index >= 15 is 0 Å². The Morgan fingerprint density at radius 3 is 2.65 bits per heavy atom. The summed E-state index contributed by atoms with van der Waals surface area (Å²) in [5, 5.41) is 3.09. The molecule has 0 unspecified atom stereocenters. The monoisotopic (exact) mass is 272 g/mol. The quantitative estimate of drug-likeness (QED) is 0.665. The maximum Gasteiger partial charge on any atom is 0.216 e. The highest BCUT2D eigenvalue weighted by Crippen LogP contribution is 2.19. The molecule has 0 saturated heterocycles. The van der Waals surface area contributed by atoms with Crippen LogP contribution in [0.15, 0.2) is 45.9 Å². The summed E-state index contributed by atoms with van der Waals surface area (Å²) >= 11 is 0. The van der Waals surface area contributed by atoms with E-state index in [4.69, 9.17) is 10.2 Å². The zero-order valence-electron chi connectivity index (χ0n) is 12.1. The van der Waals surface area contributed by atoms with Crippen molar-refractivity contribution in [1.82, 2.24) is 10.3 Å². The Hall–Kier alpha value is -2.30. The third-order valence-electron chi connectivity index (χ3n) is 2.50. The molecule has 0 fully saturated rings. The van der Waals surface area contributed by atoms with Gasteiger partial charge < -0.3 is 15.5 Å². The van der Waals surface area contributed by atoms with E-state index in [1.165, 1.54) is 0 Å². The average molecular weight is 272 g/mol. The summed E-state index contributed by atoms with van der Waals surface area (Å²) in [5.41, 5.74) is 6.68. The van der Waals surface area contributed by atoms with Crippen molar-refractivity contribution in [2.75, 3.05) is 0 Å². The van der Waals surface area contributed by atoms with Gasteiger partial charge in [-0.3, -0.25) is 0 Å². The van der Waals surface area contributed by atoms with E-state index in [1.807, 2.05) is 51.1 Å². The van der Waals surface area contributed by atoms with Crippen LogP contribution in [-0.4, -0.2) is 16.5 Å². The van der Waals surface area contributed by atoms with Crippen LogP contribution in [0.25, 0.3) is 11.3 Å². The molecule has 0 saturated carbocycles. The Morgan fingerprint density at radius 1 is 1.30 bits per heavy atom. The lowest BCUT2D eigenvalue weighted by Crippen LogP contribution is -2.44. The Balaban J connectivity index is 2.02. The van der Waals surface area contributed by atoms with Crippen LogP contribution in [0, 0.1) is 0 Å². The van der Waals surface area contributed by atoms with Gasteiger partial charge in [-0.25, -0.2) is 9.98 Å². The number of hydrogen-bond donors (Lipinski definition) is 2. The van der Waals surface area contributed by atoms with Crippen molar-refractivity contribution in [2.45, 2.75) is 32.9 Å². The van der Waals surface area contributed by atoms with Crippen molar-refractivity contribution in [1.29, 1.82) is 0 Å². The number of benzene rings is 1. The Bertz CT molecular complexity index is 581. The van der Waals surface area contributed by atoms with E-state index in [-0.39, 0.29) is 5.54 Å². The van der Waals surface area contributed by atoms with Gasteiger partial charge in [-0.15, -0.1) is 0 Å². The molecule has 0 aliphatic carbocycles. The van der Waals surface area contributed by atoms with Crippen LogP contribution >= 0.6 is 0 Å². The fourth-order valence-electron chi connectivity index (χ4n) is 1.70. The van der Waals surface area contributed by atoms with Crippen molar-refractivity contribution in [2.24, 2.45) is 10.7 Å². The lowest BCUT2D eigenvalue weighted by atomic mass is 10.1. The van der Waals surface area contributed by atoms with Crippen LogP contribution in [0.2, 0.25) is 0 Å². The van der Waals surface area contributed by atoms with Gasteiger partial charge in [-0.1, -0.05) is 30.3 Å². The summed E-state index contributed by atoms with van der Waals surface area (Å²) in [7, 11) is 0. The van der Waals surface area contributed by atoms with Crippen LogP contribution in [0.1, 0.15) is 26.7 Å². The molecule has 5 nitrogen and oxygen atoms in total. The van der Waals surface area contributed by atoms with Gasteiger partial charge in [0.25, 0.3) is 0 Å². The first kappa shape index (κ1) is 14.1. The summed E-state index contributed by atoms with van der Waals surface area (Å²) in [6.45, 7) is 6.39. The molecule has 0 aliphatic heterocycles. The van der Waals surface area contributed by atoms with Gasteiger partial charge in [0, 0.05) is 11.1 Å². The molecular weight excluding hydrogens is 252 g/mol. The number of hydrogen-bond acceptors (Lipinski definition) is 3. The summed E-state index contributed by atoms with van der Waals surface area (Å²) in [6, 6.07) is 9.83. The highest BCUT2D eigenvalue weighted by atomic mass is 16.4. The van der Waals surface area contributed by atoms with Crippen LogP contribution < -0.4 is 11.1 Å². The molecule has 2 rings (SSSR count). The minimum Gasteiger partial charge on any atom is -0.439 e. The first-order valence-corrected chi connectivity index (χ1v) is 6.52. The van der Waals surface area contributed by atoms with Gasteiger partial charge in [0.05, 0.1) is 6.20 Å². The molecule has 1 aromatic heterocycles. The fourth-order valence-corrected chi connectivity index (χ4v) is 1.70. The van der Waals surface area contributed by atoms with E-state index in [1.54, 1.807) is 6.20 Å². The minimum atomic E-state index is -0.112. The number of oxazole rings is 1. The molecule has 1 aromatic carbocycles. The number of aliphatic imine (C=N–C) groups is 1. The van der Waals surface area contributed by atoms with Crippen LogP contribution in [0.5, 0.6) is 0 Å². The second-order valence-corrected chi connectivity index (χ2v) is 5.56. The van der Waals surface area contributed by atoms with Crippen molar-refractivity contribution >= 4 is 5.96 Å². The van der Waals surface area contributed by atoms with Gasteiger partial charge in [-0.2, -0.15) is 0 Å². The van der Waals surface area contributed by atoms with Crippen LogP contribution in [0.4, 0.5) is 0 Å². The first-order valence-electron chi connectivity index (χ1n) is 6.52. The van der Waals surface area contributed by atoms with E-state index < -0.39 is 0 Å². The molecule has 0 atom stereocenters. The predicted molar refractivity (Wildman–Crippen MR) is 80.2 cm³/mol. The number of guanidine groups is 1. The Labute approximate surface area is 118 Å². The normalized spacial score (nSPS) is 12.4. The number of nitrogens with zero attached hydrogens (tertiary/aromatic N) is 2. The lowest BCUT2D eigenvalue weighted by molar-refractivity contribution is 0.497. The standard InChI is InChI=1S/C15H20N4O/c1-15(2,3)19-14(16)18-10-13-17-9-12(20-13)11-7-5-4-6-8-11/h4-9H,10H2,1-3H3,(H3,16,18,19). The number of aromatic nitrogens is 1. The topological polar surface area (TPSA) is 76.4 Å². The molecule has 106 valence electrons. The van der Waals surface area contributed by atoms with Gasteiger partial charge in [0.1, 0.15) is 6.54 Å². The molecule has 2 aromatic rings. The van der Waals surface area contributed by atoms with Crippen molar-refractivity contribution < 1.29 is 4.42 Å². The molecule has 0 bridgehead atoms. The van der Waals surface area contributed by atoms with Gasteiger partial charge in [0.2, 0.25) is 5.89 Å². The zero-order valence-corrected chi connectivity index (χ0v) is 12.1. The summed E-state index contributed by atoms with van der Waals surface area (Å²) in [5.74, 6) is 1.66. The molecule has 0 spiro atoms. The van der Waals surface area contributed by atoms with Crippen LogP contribution in [0.3, 0.4) is 0 Å². The zero-order chi connectivity index (χ0) is 14.6. The summed E-state index contributed by atoms with van der Waals surface area (Å²) < 4.78 is 5.65. The fraction of sp³-hybridized carbons (Fsp3) is 0.333. The molecule has 1 heterocycles. The number of rotatable bonds is 3. The highest BCUT2D eigenvalue weighted by molar-refractivity contribution is 5.78. The molecule has 20 heavy (non-hydrogen) atoms. The third kappa shape index (κ3) is 4.12. The van der Waals surface area contributed by atoms with E-state index in [9.17, 15) is 0 Å². The van der Waals surface area contributed by atoms with Crippen molar-refractivity contribution in [3.05, 3.63) is 42.4 Å². The third-order valence-corrected chi connectivity index (χ3v) is 2.50. The molecule has 5 heteroatoms. The van der Waals surface area contributed by atoms with E-state index in [0.717, 1.165) is 11.3 Å². The summed E-state index contributed by atoms with van der Waals surface area (Å²) in [4.78, 5) is 8.42. The maximum atomic E-state index is 5.80. The molecule has 0 radical (unpaired) electrons. The molecule has 0 amide bonds. The smallest absolute Gasteiger partial charge is 0.216 e. The Kier molecular flexibility index (Phi) is 4.08. The number of nitrogens with two attached hydrogens (primary N) is 1. The van der Waals surface area contributed by atoms with E-state index in [0.29, 0.717) is 18.4 Å². The SMILES string of the molecule is CC(C)(C)NC(N)=NCc1ncc(-c2ccccc2)o1. The molecule has 3 N–H and O–H groups in total. The molecule has 0 aliphatic rings. The van der Waals surface area contributed by atoms with Gasteiger partial charge in [0.15, 0.2) is 11.7 Å². The highest BCUT2D eigenvalue weighted by Gasteiger charge is 2.10. The van der Waals surface area contributed by atoms with Gasteiger partial charge in [-0.05, 0) is 20.8 Å². The largest absolute Gasteiger partial charge is 0.439 e. The second-order valence-electron chi connectivity index (χ2n) is 5.56. The van der Waals surface area contributed by atoms with E-state index in [2.05, 4.69) is 15.3 Å². The van der Waals surface area contributed by atoms with Crippen molar-refractivity contribution in [3.8, 4) is 11.3 Å². The predicted octanol–water partition coefficient (Wildman–Crippen LogP) is 2.54. The van der Waals surface area contributed by atoms with Gasteiger partial charge >= 0.3 is 0 Å². The molecular formula is C15H20N4O.